The van der Waals surface area contributed by atoms with Crippen molar-refractivity contribution in [2.24, 2.45) is 0 Å². The van der Waals surface area contributed by atoms with Crippen LogP contribution in [0.1, 0.15) is 18.1 Å². The van der Waals surface area contributed by atoms with Crippen molar-refractivity contribution in [1.29, 1.82) is 0 Å². The molecule has 0 spiro atoms. The van der Waals surface area contributed by atoms with Crippen LogP contribution in [0.2, 0.25) is 0 Å². The van der Waals surface area contributed by atoms with Crippen LogP contribution < -0.4 is 10.1 Å². The molecule has 2 rings (SSSR count). The molecule has 0 amide bonds. The van der Waals surface area contributed by atoms with Crippen molar-refractivity contribution < 1.29 is 9.13 Å². The van der Waals surface area contributed by atoms with Gasteiger partial charge < -0.3 is 10.1 Å². The van der Waals surface area contributed by atoms with Gasteiger partial charge in [0.15, 0.2) is 0 Å². The summed E-state index contributed by atoms with van der Waals surface area (Å²) in [6.45, 7) is 4.17. The summed E-state index contributed by atoms with van der Waals surface area (Å²) in [7, 11) is 0. The molecule has 2 aromatic carbocycles. The third kappa shape index (κ3) is 4.62. The summed E-state index contributed by atoms with van der Waals surface area (Å²) in [6, 6.07) is 12.7. The van der Waals surface area contributed by atoms with E-state index in [1.807, 2.05) is 30.3 Å². The van der Waals surface area contributed by atoms with E-state index in [0.29, 0.717) is 6.61 Å². The topological polar surface area (TPSA) is 21.3 Å². The lowest BCUT2D eigenvalue weighted by Crippen LogP contribution is -2.11. The van der Waals surface area contributed by atoms with Crippen LogP contribution >= 0.6 is 15.9 Å². The molecule has 106 valence electrons. The van der Waals surface area contributed by atoms with Gasteiger partial charge >= 0.3 is 0 Å². The van der Waals surface area contributed by atoms with Crippen molar-refractivity contribution in [2.75, 3.05) is 6.54 Å². The molecule has 2 nitrogen and oxygen atoms in total. The predicted molar refractivity (Wildman–Crippen MR) is 82.3 cm³/mol. The highest BCUT2D eigenvalue weighted by Gasteiger charge is 2.01. The zero-order chi connectivity index (χ0) is 14.4. The van der Waals surface area contributed by atoms with Gasteiger partial charge in [-0.2, -0.15) is 0 Å². The van der Waals surface area contributed by atoms with E-state index in [9.17, 15) is 4.39 Å². The first-order chi connectivity index (χ1) is 9.67. The van der Waals surface area contributed by atoms with Crippen LogP contribution in [-0.2, 0) is 13.2 Å². The maximum atomic E-state index is 13.3. The van der Waals surface area contributed by atoms with Crippen molar-refractivity contribution in [3.8, 4) is 5.75 Å². The van der Waals surface area contributed by atoms with E-state index >= 15 is 0 Å². The molecule has 0 radical (unpaired) electrons. The Kier molecular flexibility index (Phi) is 5.56. The average Bonchev–Trinajstić information content (AvgIpc) is 2.42. The van der Waals surface area contributed by atoms with Crippen LogP contribution in [0.4, 0.5) is 4.39 Å². The zero-order valence-corrected chi connectivity index (χ0v) is 12.9. The van der Waals surface area contributed by atoms with Crippen molar-refractivity contribution in [2.45, 2.75) is 20.1 Å². The van der Waals surface area contributed by atoms with Crippen LogP contribution in [-0.4, -0.2) is 6.54 Å². The highest BCUT2D eigenvalue weighted by atomic mass is 79.9. The van der Waals surface area contributed by atoms with Gasteiger partial charge in [-0.25, -0.2) is 4.39 Å². The molecule has 4 heteroatoms. The Hall–Kier alpha value is -1.39. The maximum absolute atomic E-state index is 13.3. The quantitative estimate of drug-likeness (QED) is 0.849. The number of nitrogens with one attached hydrogen (secondary N) is 1. The van der Waals surface area contributed by atoms with Gasteiger partial charge in [0, 0.05) is 11.0 Å². The minimum atomic E-state index is -0.265. The Morgan fingerprint density at radius 2 is 2.00 bits per heavy atom. The molecular formula is C16H17BrFNO. The Labute approximate surface area is 127 Å². The van der Waals surface area contributed by atoms with E-state index in [-0.39, 0.29) is 5.82 Å². The lowest BCUT2D eigenvalue weighted by atomic mass is 10.2. The third-order valence-corrected chi connectivity index (χ3v) is 3.26. The standard InChI is InChI=1S/C16H17BrFNO/c1-2-19-10-12-4-3-5-16(8-12)20-11-13-6-14(17)9-15(18)7-13/h3-9,19H,2,10-11H2,1H3. The monoisotopic (exact) mass is 337 g/mol. The molecule has 0 saturated heterocycles. The van der Waals surface area contributed by atoms with E-state index in [4.69, 9.17) is 4.74 Å². The largest absolute Gasteiger partial charge is 0.489 e. The van der Waals surface area contributed by atoms with Crippen molar-refractivity contribution >= 4 is 15.9 Å². The van der Waals surface area contributed by atoms with Gasteiger partial charge in [-0.1, -0.05) is 35.0 Å². The molecule has 2 aromatic rings. The van der Waals surface area contributed by atoms with Crippen LogP contribution in [0.3, 0.4) is 0 Å². The highest BCUT2D eigenvalue weighted by Crippen LogP contribution is 2.18. The summed E-state index contributed by atoms with van der Waals surface area (Å²) < 4.78 is 19.7. The number of ether oxygens (including phenoxy) is 1. The summed E-state index contributed by atoms with van der Waals surface area (Å²) >= 11 is 3.28. The van der Waals surface area contributed by atoms with Crippen LogP contribution in [0.15, 0.2) is 46.9 Å². The molecule has 0 aliphatic rings. The summed E-state index contributed by atoms with van der Waals surface area (Å²) in [6.07, 6.45) is 0. The molecule has 0 fully saturated rings. The first-order valence-electron chi connectivity index (χ1n) is 6.55. The number of hydrogen-bond donors (Lipinski definition) is 1. The van der Waals surface area contributed by atoms with Crippen LogP contribution in [0, 0.1) is 5.82 Å². The Bertz CT molecular complexity index is 554. The molecule has 1 N–H and O–H groups in total. The van der Waals surface area contributed by atoms with Gasteiger partial charge in [0.25, 0.3) is 0 Å². The molecule has 0 unspecified atom stereocenters. The summed E-state index contributed by atoms with van der Waals surface area (Å²) in [5.41, 5.74) is 1.97. The zero-order valence-electron chi connectivity index (χ0n) is 11.3. The van der Waals surface area contributed by atoms with Crippen molar-refractivity contribution in [1.82, 2.24) is 5.32 Å². The summed E-state index contributed by atoms with van der Waals surface area (Å²) in [4.78, 5) is 0. The number of rotatable bonds is 6. The molecule has 0 heterocycles. The number of benzene rings is 2. The van der Waals surface area contributed by atoms with Gasteiger partial charge in [0.2, 0.25) is 0 Å². The second-order valence-electron chi connectivity index (χ2n) is 4.49. The first kappa shape index (κ1) is 15.0. The van der Waals surface area contributed by atoms with Crippen molar-refractivity contribution in [3.05, 3.63) is 63.9 Å². The van der Waals surface area contributed by atoms with Crippen LogP contribution in [0.5, 0.6) is 5.75 Å². The number of halogens is 2. The molecule has 0 aromatic heterocycles. The predicted octanol–water partition coefficient (Wildman–Crippen LogP) is 4.28. The molecule has 0 atom stereocenters. The van der Waals surface area contributed by atoms with Gasteiger partial charge in [0.05, 0.1) is 0 Å². The molecule has 0 bridgehead atoms. The fourth-order valence-corrected chi connectivity index (χ4v) is 2.39. The fourth-order valence-electron chi connectivity index (χ4n) is 1.88. The van der Waals surface area contributed by atoms with E-state index in [0.717, 1.165) is 28.9 Å². The van der Waals surface area contributed by atoms with E-state index < -0.39 is 0 Å². The van der Waals surface area contributed by atoms with Gasteiger partial charge in [-0.3, -0.25) is 0 Å². The molecule has 0 saturated carbocycles. The molecule has 0 aliphatic carbocycles. The minimum absolute atomic E-state index is 0.265. The second-order valence-corrected chi connectivity index (χ2v) is 5.41. The Balaban J connectivity index is 1.99. The van der Waals surface area contributed by atoms with Crippen molar-refractivity contribution in [3.63, 3.8) is 0 Å². The minimum Gasteiger partial charge on any atom is -0.489 e. The third-order valence-electron chi connectivity index (χ3n) is 2.81. The van der Waals surface area contributed by atoms with Crippen LogP contribution in [0.25, 0.3) is 0 Å². The van der Waals surface area contributed by atoms with Gasteiger partial charge in [-0.15, -0.1) is 0 Å². The first-order valence-corrected chi connectivity index (χ1v) is 7.34. The van der Waals surface area contributed by atoms with E-state index in [1.165, 1.54) is 17.7 Å². The number of hydrogen-bond acceptors (Lipinski definition) is 2. The lowest BCUT2D eigenvalue weighted by Gasteiger charge is -2.09. The van der Waals surface area contributed by atoms with Gasteiger partial charge in [0.1, 0.15) is 18.2 Å². The highest BCUT2D eigenvalue weighted by molar-refractivity contribution is 9.10. The van der Waals surface area contributed by atoms with Gasteiger partial charge in [-0.05, 0) is 48.0 Å². The van der Waals surface area contributed by atoms with E-state index in [2.05, 4.69) is 28.2 Å². The normalized spacial score (nSPS) is 10.6. The molecule has 20 heavy (non-hydrogen) atoms. The van der Waals surface area contributed by atoms with E-state index in [1.54, 1.807) is 0 Å². The summed E-state index contributed by atoms with van der Waals surface area (Å²) in [5.74, 6) is 0.527. The molecular weight excluding hydrogens is 321 g/mol. The molecule has 0 aliphatic heterocycles. The maximum Gasteiger partial charge on any atom is 0.124 e. The summed E-state index contributed by atoms with van der Waals surface area (Å²) in [5, 5.41) is 3.27. The Morgan fingerprint density at radius 3 is 2.75 bits per heavy atom. The average molecular weight is 338 g/mol. The fraction of sp³-hybridized carbons (Fsp3) is 0.250. The second kappa shape index (κ2) is 7.41. The SMILES string of the molecule is CCNCc1cccc(OCc2cc(F)cc(Br)c2)c1. The Morgan fingerprint density at radius 1 is 1.15 bits per heavy atom. The smallest absolute Gasteiger partial charge is 0.124 e. The lowest BCUT2D eigenvalue weighted by molar-refractivity contribution is 0.305.